The largest absolute Gasteiger partial charge is 0.550 e. The first-order valence-electron chi connectivity index (χ1n) is 8.73. The Morgan fingerprint density at radius 3 is 1.62 bits per heavy atom. The second kappa shape index (κ2) is 17.2. The number of hydrogen-bond acceptors (Lipinski definition) is 3. The maximum absolute atomic E-state index is 10.2. The van der Waals surface area contributed by atoms with Gasteiger partial charge in [-0.2, -0.15) is 0 Å². The predicted molar refractivity (Wildman–Crippen MR) is 85.9 cm³/mol. The second-order valence-electron chi connectivity index (χ2n) is 5.78. The SMILES string of the molecule is O=C([O-])CCCCCCC/C=C\CCCCCCCCO. The zero-order valence-electron chi connectivity index (χ0n) is 13.5. The Kier molecular flexibility index (Phi) is 16.5. The smallest absolute Gasteiger partial charge is 0.0431 e. The number of hydrogen-bond donors (Lipinski definition) is 1. The molecule has 0 spiro atoms. The van der Waals surface area contributed by atoms with Crippen LogP contribution in [0.4, 0.5) is 0 Å². The van der Waals surface area contributed by atoms with Crippen LogP contribution in [0, 0.1) is 0 Å². The lowest BCUT2D eigenvalue weighted by atomic mass is 10.1. The number of aliphatic hydroxyl groups excluding tert-OH is 1. The van der Waals surface area contributed by atoms with E-state index in [9.17, 15) is 9.90 Å². The molecule has 0 aromatic carbocycles. The number of carbonyl (C=O) groups excluding carboxylic acids is 1. The highest BCUT2D eigenvalue weighted by molar-refractivity contribution is 5.63. The summed E-state index contributed by atoms with van der Waals surface area (Å²) in [5.74, 6) is -0.925. The summed E-state index contributed by atoms with van der Waals surface area (Å²) >= 11 is 0. The fourth-order valence-corrected chi connectivity index (χ4v) is 2.38. The van der Waals surface area contributed by atoms with E-state index in [2.05, 4.69) is 12.2 Å². The Balaban J connectivity index is 3.07. The standard InChI is InChI=1S/C18H34O3/c19-17-15-13-11-9-7-5-3-1-2-4-6-8-10-12-14-16-18(20)21/h1-2,19H,3-17H2,(H,20,21)/p-1/b2-1-. The van der Waals surface area contributed by atoms with Gasteiger partial charge in [-0.05, 0) is 44.9 Å². The molecule has 3 heteroatoms. The van der Waals surface area contributed by atoms with E-state index in [0.29, 0.717) is 6.61 Å². The molecule has 0 saturated heterocycles. The molecule has 3 nitrogen and oxygen atoms in total. The van der Waals surface area contributed by atoms with Crippen LogP contribution in [0.15, 0.2) is 12.2 Å². The number of rotatable bonds is 16. The number of carboxylic acids is 1. The van der Waals surface area contributed by atoms with Crippen molar-refractivity contribution in [1.82, 2.24) is 0 Å². The van der Waals surface area contributed by atoms with Gasteiger partial charge < -0.3 is 15.0 Å². The van der Waals surface area contributed by atoms with Gasteiger partial charge in [-0.1, -0.05) is 57.1 Å². The molecule has 0 unspecified atom stereocenters. The van der Waals surface area contributed by atoms with E-state index >= 15 is 0 Å². The summed E-state index contributed by atoms with van der Waals surface area (Å²) < 4.78 is 0. The summed E-state index contributed by atoms with van der Waals surface area (Å²) in [5.41, 5.74) is 0. The Morgan fingerprint density at radius 2 is 1.14 bits per heavy atom. The minimum atomic E-state index is -0.925. The summed E-state index contributed by atoms with van der Waals surface area (Å²) in [4.78, 5) is 10.2. The van der Waals surface area contributed by atoms with Gasteiger partial charge in [0.2, 0.25) is 0 Å². The average molecular weight is 297 g/mol. The van der Waals surface area contributed by atoms with Crippen molar-refractivity contribution in [2.75, 3.05) is 6.61 Å². The summed E-state index contributed by atoms with van der Waals surface area (Å²) in [6.45, 7) is 0.333. The highest BCUT2D eigenvalue weighted by Gasteiger charge is 1.91. The fourth-order valence-electron chi connectivity index (χ4n) is 2.38. The third-order valence-corrected chi connectivity index (χ3v) is 3.70. The lowest BCUT2D eigenvalue weighted by molar-refractivity contribution is -0.305. The minimum Gasteiger partial charge on any atom is -0.550 e. The van der Waals surface area contributed by atoms with Crippen molar-refractivity contribution in [1.29, 1.82) is 0 Å². The van der Waals surface area contributed by atoms with Crippen LogP contribution in [0.25, 0.3) is 0 Å². The molecule has 0 aromatic heterocycles. The van der Waals surface area contributed by atoms with Gasteiger partial charge >= 0.3 is 0 Å². The maximum Gasteiger partial charge on any atom is 0.0431 e. The molecular formula is C18H33O3-. The average Bonchev–Trinajstić information content (AvgIpc) is 2.46. The molecule has 0 aliphatic carbocycles. The van der Waals surface area contributed by atoms with Crippen molar-refractivity contribution in [2.24, 2.45) is 0 Å². The first kappa shape index (κ1) is 20.2. The molecule has 0 aliphatic heterocycles. The molecule has 21 heavy (non-hydrogen) atoms. The minimum absolute atomic E-state index is 0.208. The molecule has 0 saturated carbocycles. The fraction of sp³-hybridized carbons (Fsp3) is 0.833. The van der Waals surface area contributed by atoms with E-state index in [-0.39, 0.29) is 6.42 Å². The summed E-state index contributed by atoms with van der Waals surface area (Å²) in [6, 6.07) is 0. The highest BCUT2D eigenvalue weighted by Crippen LogP contribution is 2.09. The first-order chi connectivity index (χ1) is 10.3. The lowest BCUT2D eigenvalue weighted by Gasteiger charge is -2.01. The highest BCUT2D eigenvalue weighted by atomic mass is 16.4. The van der Waals surface area contributed by atoms with Gasteiger partial charge in [0.1, 0.15) is 0 Å². The topological polar surface area (TPSA) is 60.4 Å². The van der Waals surface area contributed by atoms with E-state index in [1.54, 1.807) is 0 Å². The number of aliphatic hydroxyl groups is 1. The van der Waals surface area contributed by atoms with Crippen molar-refractivity contribution in [3.05, 3.63) is 12.2 Å². The normalized spacial score (nSPS) is 11.3. The van der Waals surface area contributed by atoms with Gasteiger partial charge in [-0.3, -0.25) is 0 Å². The molecule has 124 valence electrons. The third-order valence-electron chi connectivity index (χ3n) is 3.70. The van der Waals surface area contributed by atoms with Crippen molar-refractivity contribution in [3.8, 4) is 0 Å². The Hall–Kier alpha value is -0.830. The Labute approximate surface area is 130 Å². The van der Waals surface area contributed by atoms with Crippen molar-refractivity contribution in [2.45, 2.75) is 89.9 Å². The van der Waals surface area contributed by atoms with E-state index in [4.69, 9.17) is 5.11 Å². The monoisotopic (exact) mass is 297 g/mol. The van der Waals surface area contributed by atoms with Crippen LogP contribution in [0.2, 0.25) is 0 Å². The molecule has 0 radical (unpaired) electrons. The molecule has 0 fully saturated rings. The number of allylic oxidation sites excluding steroid dienone is 2. The van der Waals surface area contributed by atoms with Crippen molar-refractivity contribution >= 4 is 5.97 Å². The molecule has 0 aliphatic rings. The molecule has 0 atom stereocenters. The van der Waals surface area contributed by atoms with Gasteiger partial charge in [0.05, 0.1) is 0 Å². The number of carboxylic acid groups (broad SMARTS) is 1. The number of aliphatic carboxylic acids is 1. The predicted octanol–water partition coefficient (Wildman–Crippen LogP) is 3.75. The zero-order valence-corrected chi connectivity index (χ0v) is 13.5. The first-order valence-corrected chi connectivity index (χ1v) is 8.73. The maximum atomic E-state index is 10.2. The molecule has 0 heterocycles. The Morgan fingerprint density at radius 1 is 0.714 bits per heavy atom. The molecule has 0 amide bonds. The van der Waals surface area contributed by atoms with Gasteiger partial charge in [-0.15, -0.1) is 0 Å². The van der Waals surface area contributed by atoms with Crippen LogP contribution < -0.4 is 5.11 Å². The molecule has 0 rings (SSSR count). The van der Waals surface area contributed by atoms with Crippen molar-refractivity contribution in [3.63, 3.8) is 0 Å². The third kappa shape index (κ3) is 19.2. The van der Waals surface area contributed by atoms with Crippen LogP contribution in [0.1, 0.15) is 89.9 Å². The van der Waals surface area contributed by atoms with Crippen LogP contribution in [0.5, 0.6) is 0 Å². The van der Waals surface area contributed by atoms with Gasteiger partial charge in [0, 0.05) is 12.6 Å². The van der Waals surface area contributed by atoms with E-state index in [1.165, 1.54) is 44.9 Å². The van der Waals surface area contributed by atoms with E-state index < -0.39 is 5.97 Å². The van der Waals surface area contributed by atoms with Gasteiger partial charge in [0.25, 0.3) is 0 Å². The molecule has 0 bridgehead atoms. The summed E-state index contributed by atoms with van der Waals surface area (Å²) in [6.07, 6.45) is 19.7. The van der Waals surface area contributed by atoms with Crippen LogP contribution in [-0.2, 0) is 4.79 Å². The van der Waals surface area contributed by atoms with Crippen molar-refractivity contribution < 1.29 is 15.0 Å². The second-order valence-corrected chi connectivity index (χ2v) is 5.78. The van der Waals surface area contributed by atoms with Crippen LogP contribution in [-0.4, -0.2) is 17.7 Å². The van der Waals surface area contributed by atoms with Crippen LogP contribution >= 0.6 is 0 Å². The van der Waals surface area contributed by atoms with Gasteiger partial charge in [-0.25, -0.2) is 0 Å². The number of unbranched alkanes of at least 4 members (excludes halogenated alkanes) is 11. The van der Waals surface area contributed by atoms with E-state index in [0.717, 1.165) is 38.5 Å². The number of carbonyl (C=O) groups is 1. The summed E-state index contributed by atoms with van der Waals surface area (Å²) in [7, 11) is 0. The van der Waals surface area contributed by atoms with Crippen LogP contribution in [0.3, 0.4) is 0 Å². The zero-order chi connectivity index (χ0) is 15.6. The van der Waals surface area contributed by atoms with Gasteiger partial charge in [0.15, 0.2) is 0 Å². The lowest BCUT2D eigenvalue weighted by Crippen LogP contribution is -2.21. The quantitative estimate of drug-likeness (QED) is 0.349. The Bertz CT molecular complexity index is 249. The summed E-state index contributed by atoms with van der Waals surface area (Å²) in [5, 5.41) is 18.9. The molecular weight excluding hydrogens is 264 g/mol. The molecule has 1 N–H and O–H groups in total. The molecule has 0 aromatic rings. The van der Waals surface area contributed by atoms with E-state index in [1.807, 2.05) is 0 Å².